The summed E-state index contributed by atoms with van der Waals surface area (Å²) in [6.45, 7) is 0. The van der Waals surface area contributed by atoms with Crippen molar-refractivity contribution in [2.24, 2.45) is 0 Å². The smallest absolute Gasteiger partial charge is 0.251 e. The molecule has 0 spiro atoms. The van der Waals surface area contributed by atoms with E-state index < -0.39 is 0 Å². The third-order valence-corrected chi connectivity index (χ3v) is 4.89. The highest BCUT2D eigenvalue weighted by atomic mass is 16.5. The maximum atomic E-state index is 12.8. The van der Waals surface area contributed by atoms with Gasteiger partial charge in [0, 0.05) is 30.4 Å². The second kappa shape index (κ2) is 8.03. The second-order valence-electron chi connectivity index (χ2n) is 6.73. The van der Waals surface area contributed by atoms with Crippen LogP contribution in [0.15, 0.2) is 67.3 Å². The maximum Gasteiger partial charge on any atom is 0.251 e. The summed E-state index contributed by atoms with van der Waals surface area (Å²) < 4.78 is 7.77. The van der Waals surface area contributed by atoms with E-state index in [2.05, 4.69) is 15.4 Å². The number of nitrogens with one attached hydrogen (secondary N) is 1. The molecule has 6 nitrogen and oxygen atoms in total. The molecule has 6 heteroatoms. The summed E-state index contributed by atoms with van der Waals surface area (Å²) in [7, 11) is 0. The molecular formula is C21H22N4O2. The first-order chi connectivity index (χ1) is 13.3. The highest BCUT2D eigenvalue weighted by Gasteiger charge is 2.28. The Kier molecular flexibility index (Phi) is 5.14. The van der Waals surface area contributed by atoms with E-state index in [0.717, 1.165) is 25.7 Å². The van der Waals surface area contributed by atoms with Crippen molar-refractivity contribution in [1.29, 1.82) is 0 Å². The molecule has 1 aliphatic rings. The largest absolute Gasteiger partial charge is 0.457 e. The van der Waals surface area contributed by atoms with Crippen LogP contribution in [0.4, 0.5) is 0 Å². The minimum absolute atomic E-state index is 0.0796. The van der Waals surface area contributed by atoms with Crippen LogP contribution in [0.3, 0.4) is 0 Å². The van der Waals surface area contributed by atoms with Crippen molar-refractivity contribution >= 4 is 5.91 Å². The normalized spacial score (nSPS) is 19.4. The quantitative estimate of drug-likeness (QED) is 0.745. The lowest BCUT2D eigenvalue weighted by Crippen LogP contribution is -2.43. The van der Waals surface area contributed by atoms with Gasteiger partial charge in [-0.05, 0) is 49.2 Å². The fourth-order valence-corrected chi connectivity index (χ4v) is 3.57. The Morgan fingerprint density at radius 3 is 2.70 bits per heavy atom. The van der Waals surface area contributed by atoms with Crippen molar-refractivity contribution in [1.82, 2.24) is 20.1 Å². The molecule has 1 fully saturated rings. The zero-order chi connectivity index (χ0) is 18.5. The molecule has 1 saturated carbocycles. The highest BCUT2D eigenvalue weighted by molar-refractivity contribution is 5.94. The predicted octanol–water partition coefficient (Wildman–Crippen LogP) is 3.98. The second-order valence-corrected chi connectivity index (χ2v) is 6.73. The number of pyridine rings is 1. The van der Waals surface area contributed by atoms with Gasteiger partial charge in [0.25, 0.3) is 5.91 Å². The van der Waals surface area contributed by atoms with Gasteiger partial charge in [0.2, 0.25) is 0 Å². The van der Waals surface area contributed by atoms with Gasteiger partial charge in [-0.2, -0.15) is 5.10 Å². The van der Waals surface area contributed by atoms with E-state index in [0.29, 0.717) is 17.1 Å². The summed E-state index contributed by atoms with van der Waals surface area (Å²) in [6, 6.07) is 13.0. The van der Waals surface area contributed by atoms with Crippen LogP contribution in [0.5, 0.6) is 11.5 Å². The number of hydrogen-bond donors (Lipinski definition) is 1. The Balaban J connectivity index is 1.47. The van der Waals surface area contributed by atoms with Gasteiger partial charge in [0.1, 0.15) is 11.5 Å². The SMILES string of the molecule is O=C(N[C@H]1CCCC[C@@H]1n1cccn1)c1cccc(Oc2ccncc2)c1. The molecule has 27 heavy (non-hydrogen) atoms. The Morgan fingerprint density at radius 1 is 1.04 bits per heavy atom. The van der Waals surface area contributed by atoms with Crippen molar-refractivity contribution in [3.8, 4) is 11.5 Å². The van der Waals surface area contributed by atoms with Gasteiger partial charge in [0.05, 0.1) is 12.1 Å². The lowest BCUT2D eigenvalue weighted by atomic mass is 9.90. The molecule has 2 heterocycles. The van der Waals surface area contributed by atoms with Crippen LogP contribution in [0.2, 0.25) is 0 Å². The number of rotatable bonds is 5. The zero-order valence-electron chi connectivity index (χ0n) is 15.0. The molecule has 138 valence electrons. The standard InChI is InChI=1S/C21H22N4O2/c26-21(24-19-7-1-2-8-20(19)25-14-4-11-23-25)16-5-3-6-18(15-16)27-17-9-12-22-13-10-17/h3-6,9-15,19-20H,1-2,7-8H2,(H,24,26)/t19-,20-/m0/s1. The van der Waals surface area contributed by atoms with E-state index >= 15 is 0 Å². The minimum Gasteiger partial charge on any atom is -0.457 e. The zero-order valence-corrected chi connectivity index (χ0v) is 15.0. The van der Waals surface area contributed by atoms with E-state index in [1.54, 1.807) is 42.9 Å². The first kappa shape index (κ1) is 17.3. The van der Waals surface area contributed by atoms with Gasteiger partial charge in [-0.3, -0.25) is 14.5 Å². The monoisotopic (exact) mass is 362 g/mol. The predicted molar refractivity (Wildman–Crippen MR) is 102 cm³/mol. The van der Waals surface area contributed by atoms with Gasteiger partial charge < -0.3 is 10.1 Å². The molecular weight excluding hydrogens is 340 g/mol. The van der Waals surface area contributed by atoms with E-state index in [1.807, 2.05) is 29.1 Å². The molecule has 2 atom stereocenters. The number of benzene rings is 1. The van der Waals surface area contributed by atoms with E-state index in [4.69, 9.17) is 4.74 Å². The molecule has 0 unspecified atom stereocenters. The summed E-state index contributed by atoms with van der Waals surface area (Å²) in [5, 5.41) is 7.57. The van der Waals surface area contributed by atoms with Crippen molar-refractivity contribution < 1.29 is 9.53 Å². The number of carbonyl (C=O) groups excluding carboxylic acids is 1. The van der Waals surface area contributed by atoms with Crippen LogP contribution < -0.4 is 10.1 Å². The Morgan fingerprint density at radius 2 is 1.89 bits per heavy atom. The van der Waals surface area contributed by atoms with Gasteiger partial charge >= 0.3 is 0 Å². The number of carbonyl (C=O) groups is 1. The molecule has 1 aliphatic carbocycles. The molecule has 0 saturated heterocycles. The van der Waals surface area contributed by atoms with Crippen molar-refractivity contribution in [3.63, 3.8) is 0 Å². The van der Waals surface area contributed by atoms with E-state index in [1.165, 1.54) is 0 Å². The van der Waals surface area contributed by atoms with Crippen molar-refractivity contribution in [2.75, 3.05) is 0 Å². The number of hydrogen-bond acceptors (Lipinski definition) is 4. The van der Waals surface area contributed by atoms with E-state index in [9.17, 15) is 4.79 Å². The minimum atomic E-state index is -0.0840. The van der Waals surface area contributed by atoms with Crippen LogP contribution in [-0.2, 0) is 0 Å². The summed E-state index contributed by atoms with van der Waals surface area (Å²) in [6.07, 6.45) is 11.4. The summed E-state index contributed by atoms with van der Waals surface area (Å²) in [4.78, 5) is 16.8. The maximum absolute atomic E-state index is 12.8. The van der Waals surface area contributed by atoms with Crippen LogP contribution in [-0.4, -0.2) is 26.7 Å². The molecule has 4 rings (SSSR count). The number of nitrogens with zero attached hydrogens (tertiary/aromatic N) is 3. The molecule has 1 N–H and O–H groups in total. The van der Waals surface area contributed by atoms with Gasteiger partial charge in [-0.15, -0.1) is 0 Å². The van der Waals surface area contributed by atoms with Gasteiger partial charge in [-0.1, -0.05) is 18.9 Å². The molecule has 0 radical (unpaired) electrons. The molecule has 3 aromatic rings. The van der Waals surface area contributed by atoms with Gasteiger partial charge in [-0.25, -0.2) is 0 Å². The Bertz CT molecular complexity index is 880. The fourth-order valence-electron chi connectivity index (χ4n) is 3.57. The molecule has 1 amide bonds. The third-order valence-electron chi connectivity index (χ3n) is 4.89. The summed E-state index contributed by atoms with van der Waals surface area (Å²) in [5.74, 6) is 1.23. The van der Waals surface area contributed by atoms with Crippen molar-refractivity contribution in [2.45, 2.75) is 37.8 Å². The number of amides is 1. The Hall–Kier alpha value is -3.15. The molecule has 0 bridgehead atoms. The molecule has 0 aliphatic heterocycles. The fraction of sp³-hybridized carbons (Fsp3) is 0.286. The van der Waals surface area contributed by atoms with Gasteiger partial charge in [0.15, 0.2) is 0 Å². The first-order valence-corrected chi connectivity index (χ1v) is 9.27. The van der Waals surface area contributed by atoms with Crippen LogP contribution in [0.1, 0.15) is 42.1 Å². The topological polar surface area (TPSA) is 69.0 Å². The highest BCUT2D eigenvalue weighted by Crippen LogP contribution is 2.28. The van der Waals surface area contributed by atoms with Crippen LogP contribution in [0.25, 0.3) is 0 Å². The lowest BCUT2D eigenvalue weighted by Gasteiger charge is -2.32. The summed E-state index contributed by atoms with van der Waals surface area (Å²) >= 11 is 0. The average molecular weight is 362 g/mol. The van der Waals surface area contributed by atoms with Crippen molar-refractivity contribution in [3.05, 3.63) is 72.8 Å². The lowest BCUT2D eigenvalue weighted by molar-refractivity contribution is 0.0905. The Labute approximate surface area is 158 Å². The van der Waals surface area contributed by atoms with Crippen LogP contribution in [0, 0.1) is 0 Å². The van der Waals surface area contributed by atoms with Crippen LogP contribution >= 0.6 is 0 Å². The average Bonchev–Trinajstić information content (AvgIpc) is 3.24. The molecule has 1 aromatic carbocycles. The molecule has 2 aromatic heterocycles. The number of ether oxygens (including phenoxy) is 1. The summed E-state index contributed by atoms with van der Waals surface area (Å²) in [5.41, 5.74) is 0.589. The third kappa shape index (κ3) is 4.16. The van der Waals surface area contributed by atoms with E-state index in [-0.39, 0.29) is 18.0 Å². The first-order valence-electron chi connectivity index (χ1n) is 9.27. The number of aromatic nitrogens is 3.